The molecule has 0 radical (unpaired) electrons. The van der Waals surface area contributed by atoms with Crippen LogP contribution in [0.25, 0.3) is 12.2 Å². The lowest BCUT2D eigenvalue weighted by Gasteiger charge is -2.07. The highest BCUT2D eigenvalue weighted by Crippen LogP contribution is 2.15. The van der Waals surface area contributed by atoms with Crippen molar-refractivity contribution in [1.29, 1.82) is 0 Å². The summed E-state index contributed by atoms with van der Waals surface area (Å²) in [7, 11) is 0. The molecule has 0 saturated heterocycles. The van der Waals surface area contributed by atoms with Gasteiger partial charge in [0.05, 0.1) is 0 Å². The minimum Gasteiger partial charge on any atom is -0.0985 e. The van der Waals surface area contributed by atoms with Gasteiger partial charge in [0.25, 0.3) is 0 Å². The second kappa shape index (κ2) is 4.80. The summed E-state index contributed by atoms with van der Waals surface area (Å²) in [4.78, 5) is 0. The highest BCUT2D eigenvalue weighted by atomic mass is 14.1. The van der Waals surface area contributed by atoms with E-state index in [0.29, 0.717) is 5.92 Å². The van der Waals surface area contributed by atoms with Crippen LogP contribution in [-0.2, 0) is 6.42 Å². The maximum atomic E-state index is 3.79. The molecule has 0 amide bonds. The van der Waals surface area contributed by atoms with Crippen LogP contribution in [0.1, 0.15) is 30.5 Å². The Bertz CT molecular complexity index is 306. The molecule has 0 saturated carbocycles. The van der Waals surface area contributed by atoms with Gasteiger partial charge in [0.15, 0.2) is 0 Å². The zero-order chi connectivity index (χ0) is 10.6. The molecule has 0 fully saturated rings. The molecule has 0 aliphatic heterocycles. The molecule has 1 aromatic rings. The van der Waals surface area contributed by atoms with Gasteiger partial charge in [-0.05, 0) is 35.1 Å². The van der Waals surface area contributed by atoms with Crippen LogP contribution in [0.4, 0.5) is 0 Å². The molecule has 0 nitrogen and oxygen atoms in total. The van der Waals surface area contributed by atoms with Crippen LogP contribution in [-0.4, -0.2) is 0 Å². The Morgan fingerprint density at radius 1 is 1.07 bits per heavy atom. The Morgan fingerprint density at radius 3 is 1.93 bits per heavy atom. The number of hydrogen-bond donors (Lipinski definition) is 0. The summed E-state index contributed by atoms with van der Waals surface area (Å²) >= 11 is 0. The molecule has 0 aliphatic carbocycles. The van der Waals surface area contributed by atoms with Crippen molar-refractivity contribution in [3.05, 3.63) is 48.0 Å². The monoisotopic (exact) mass is 186 g/mol. The van der Waals surface area contributed by atoms with Crippen LogP contribution < -0.4 is 0 Å². The van der Waals surface area contributed by atoms with E-state index in [1.165, 1.54) is 16.7 Å². The van der Waals surface area contributed by atoms with Crippen LogP contribution in [0.3, 0.4) is 0 Å². The maximum Gasteiger partial charge on any atom is -0.0254 e. The minimum absolute atomic E-state index is 0.688. The second-order valence-electron chi connectivity index (χ2n) is 4.01. The molecule has 0 unspecified atom stereocenters. The average Bonchev–Trinajstić information content (AvgIpc) is 2.16. The zero-order valence-corrected chi connectivity index (χ0v) is 9.09. The lowest BCUT2D eigenvalue weighted by molar-refractivity contribution is 0.647. The summed E-state index contributed by atoms with van der Waals surface area (Å²) in [6, 6.07) is 6.49. The van der Waals surface area contributed by atoms with Gasteiger partial charge in [-0.15, -0.1) is 0 Å². The Morgan fingerprint density at radius 2 is 1.57 bits per heavy atom. The van der Waals surface area contributed by atoms with Crippen LogP contribution in [0.5, 0.6) is 0 Å². The van der Waals surface area contributed by atoms with Gasteiger partial charge in [-0.2, -0.15) is 0 Å². The van der Waals surface area contributed by atoms with Crippen LogP contribution >= 0.6 is 0 Å². The molecule has 0 atom stereocenters. The van der Waals surface area contributed by atoms with Gasteiger partial charge >= 0.3 is 0 Å². The van der Waals surface area contributed by atoms with E-state index in [1.54, 1.807) is 0 Å². The first kappa shape index (κ1) is 10.8. The van der Waals surface area contributed by atoms with Crippen molar-refractivity contribution in [3.8, 4) is 0 Å². The molecular weight excluding hydrogens is 168 g/mol. The highest BCUT2D eigenvalue weighted by molar-refractivity contribution is 5.57. The topological polar surface area (TPSA) is 0 Å². The smallest absolute Gasteiger partial charge is 0.0254 e. The molecule has 0 aliphatic rings. The van der Waals surface area contributed by atoms with Gasteiger partial charge in [-0.25, -0.2) is 0 Å². The van der Waals surface area contributed by atoms with Crippen molar-refractivity contribution in [3.63, 3.8) is 0 Å². The Kier molecular flexibility index (Phi) is 3.70. The summed E-state index contributed by atoms with van der Waals surface area (Å²) in [6.07, 6.45) is 4.89. The van der Waals surface area contributed by atoms with Crippen molar-refractivity contribution in [2.75, 3.05) is 0 Å². The Labute approximate surface area is 87.0 Å². The molecule has 0 spiro atoms. The predicted octanol–water partition coefficient (Wildman–Crippen LogP) is 4.17. The molecule has 1 rings (SSSR count). The largest absolute Gasteiger partial charge is 0.0985 e. The van der Waals surface area contributed by atoms with Crippen LogP contribution in [0.2, 0.25) is 0 Å². The van der Waals surface area contributed by atoms with E-state index in [0.717, 1.165) is 6.42 Å². The lowest BCUT2D eigenvalue weighted by atomic mass is 9.98. The first-order valence-corrected chi connectivity index (χ1v) is 5.04. The summed E-state index contributed by atoms with van der Waals surface area (Å²) < 4.78 is 0. The Balaban J connectivity index is 3.03. The van der Waals surface area contributed by atoms with E-state index in [-0.39, 0.29) is 0 Å². The molecule has 14 heavy (non-hydrogen) atoms. The van der Waals surface area contributed by atoms with E-state index in [9.17, 15) is 0 Å². The van der Waals surface area contributed by atoms with E-state index in [4.69, 9.17) is 0 Å². The van der Waals surface area contributed by atoms with Gasteiger partial charge in [0, 0.05) is 0 Å². The van der Waals surface area contributed by atoms with Gasteiger partial charge in [0.2, 0.25) is 0 Å². The third-order valence-electron chi connectivity index (χ3n) is 2.15. The third-order valence-corrected chi connectivity index (χ3v) is 2.15. The third kappa shape index (κ3) is 2.88. The van der Waals surface area contributed by atoms with Crippen LogP contribution in [0, 0.1) is 5.92 Å². The first-order valence-electron chi connectivity index (χ1n) is 5.04. The fraction of sp³-hybridized carbons (Fsp3) is 0.286. The average molecular weight is 186 g/mol. The van der Waals surface area contributed by atoms with E-state index < -0.39 is 0 Å². The lowest BCUT2D eigenvalue weighted by Crippen LogP contribution is -1.95. The molecule has 0 bridgehead atoms. The van der Waals surface area contributed by atoms with E-state index in [2.05, 4.69) is 45.2 Å². The quantitative estimate of drug-likeness (QED) is 0.662. The van der Waals surface area contributed by atoms with Crippen molar-refractivity contribution < 1.29 is 0 Å². The SMILES string of the molecule is C=Cc1cc(C=C)cc(CC(C)C)c1. The van der Waals surface area contributed by atoms with Crippen LogP contribution in [0.15, 0.2) is 31.4 Å². The van der Waals surface area contributed by atoms with Gasteiger partial charge < -0.3 is 0 Å². The molecular formula is C14H18. The van der Waals surface area contributed by atoms with Crippen molar-refractivity contribution in [1.82, 2.24) is 0 Å². The first-order chi connectivity index (χ1) is 6.65. The van der Waals surface area contributed by atoms with Crippen molar-refractivity contribution in [2.24, 2.45) is 5.92 Å². The summed E-state index contributed by atoms with van der Waals surface area (Å²) in [5.74, 6) is 0.688. The molecule has 74 valence electrons. The van der Waals surface area contributed by atoms with E-state index >= 15 is 0 Å². The predicted molar refractivity (Wildman–Crippen MR) is 65.2 cm³/mol. The summed E-state index contributed by atoms with van der Waals surface area (Å²) in [5.41, 5.74) is 3.73. The fourth-order valence-corrected chi connectivity index (χ4v) is 1.57. The van der Waals surface area contributed by atoms with Gasteiger partial charge in [-0.3, -0.25) is 0 Å². The number of benzene rings is 1. The van der Waals surface area contributed by atoms with E-state index in [1.807, 2.05) is 12.2 Å². The molecule has 0 aromatic heterocycles. The standard InChI is InChI=1S/C14H18/c1-5-12-8-13(6-2)10-14(9-12)7-11(3)4/h5-6,8-11H,1-2,7H2,3-4H3. The normalized spacial score (nSPS) is 10.2. The fourth-order valence-electron chi connectivity index (χ4n) is 1.57. The Hall–Kier alpha value is -1.30. The molecule has 0 heteroatoms. The summed E-state index contributed by atoms with van der Waals surface area (Å²) in [5, 5.41) is 0. The zero-order valence-electron chi connectivity index (χ0n) is 9.09. The maximum absolute atomic E-state index is 3.79. The highest BCUT2D eigenvalue weighted by Gasteiger charge is 2.00. The number of rotatable bonds is 4. The van der Waals surface area contributed by atoms with Crippen molar-refractivity contribution in [2.45, 2.75) is 20.3 Å². The summed E-state index contributed by atoms with van der Waals surface area (Å²) in [6.45, 7) is 12.0. The van der Waals surface area contributed by atoms with Gasteiger partial charge in [0.1, 0.15) is 0 Å². The minimum atomic E-state index is 0.688. The molecule has 1 aromatic carbocycles. The molecule has 0 heterocycles. The second-order valence-corrected chi connectivity index (χ2v) is 4.01. The van der Waals surface area contributed by atoms with Gasteiger partial charge in [-0.1, -0.05) is 51.3 Å². The number of hydrogen-bond acceptors (Lipinski definition) is 0. The molecule has 0 N–H and O–H groups in total. The van der Waals surface area contributed by atoms with Crippen molar-refractivity contribution >= 4 is 12.2 Å².